The van der Waals surface area contributed by atoms with E-state index in [4.69, 9.17) is 0 Å². The Labute approximate surface area is 156 Å². The SMILES string of the molecule is C[C@]12CCC3C4CCC(=O)C=C4CCC3C1CC1(CC1)[C@@]2(O)C=CCO. The predicted octanol–water partition coefficient (Wildman–Crippen LogP) is 3.80. The summed E-state index contributed by atoms with van der Waals surface area (Å²) in [5.74, 6) is 2.93. The molecular formula is C23H32O3. The van der Waals surface area contributed by atoms with E-state index in [9.17, 15) is 15.0 Å². The predicted molar refractivity (Wildman–Crippen MR) is 100 cm³/mol. The van der Waals surface area contributed by atoms with Gasteiger partial charge in [-0.3, -0.25) is 4.79 Å². The second-order valence-corrected chi connectivity index (χ2v) is 10.1. The minimum Gasteiger partial charge on any atom is -0.392 e. The van der Waals surface area contributed by atoms with Gasteiger partial charge in [0.1, 0.15) is 0 Å². The van der Waals surface area contributed by atoms with Crippen LogP contribution in [0.3, 0.4) is 0 Å². The number of carbonyl (C=O) groups excluding carboxylic acids is 1. The fourth-order valence-corrected chi connectivity index (χ4v) is 7.86. The van der Waals surface area contributed by atoms with Gasteiger partial charge >= 0.3 is 0 Å². The average molecular weight is 357 g/mol. The lowest BCUT2D eigenvalue weighted by atomic mass is 9.50. The van der Waals surface area contributed by atoms with Crippen molar-refractivity contribution in [3.05, 3.63) is 23.8 Å². The van der Waals surface area contributed by atoms with Crippen molar-refractivity contribution in [2.75, 3.05) is 6.61 Å². The number of ketones is 1. The van der Waals surface area contributed by atoms with E-state index in [1.54, 1.807) is 6.08 Å². The highest BCUT2D eigenvalue weighted by Crippen LogP contribution is 2.76. The zero-order chi connectivity index (χ0) is 18.2. The maximum atomic E-state index is 11.9. The van der Waals surface area contributed by atoms with Gasteiger partial charge < -0.3 is 10.2 Å². The van der Waals surface area contributed by atoms with Crippen molar-refractivity contribution >= 4 is 5.78 Å². The third-order valence-electron chi connectivity index (χ3n) is 9.30. The molecule has 4 saturated carbocycles. The minimum absolute atomic E-state index is 0.00937. The van der Waals surface area contributed by atoms with Crippen LogP contribution in [0, 0.1) is 34.5 Å². The number of aliphatic hydroxyl groups excluding tert-OH is 1. The molecule has 4 unspecified atom stereocenters. The van der Waals surface area contributed by atoms with E-state index in [-0.39, 0.29) is 17.4 Å². The molecule has 0 bridgehead atoms. The summed E-state index contributed by atoms with van der Waals surface area (Å²) >= 11 is 0. The average Bonchev–Trinajstić information content (AvgIpc) is 3.39. The number of carbonyl (C=O) groups is 1. The molecule has 0 aromatic heterocycles. The Balaban J connectivity index is 1.50. The maximum absolute atomic E-state index is 11.9. The molecule has 3 heteroatoms. The summed E-state index contributed by atoms with van der Waals surface area (Å²) in [4.78, 5) is 11.9. The van der Waals surface area contributed by atoms with Crippen molar-refractivity contribution in [3.63, 3.8) is 0 Å². The van der Waals surface area contributed by atoms with Crippen molar-refractivity contribution in [2.24, 2.45) is 34.5 Å². The lowest BCUT2D eigenvalue weighted by Gasteiger charge is -2.55. The van der Waals surface area contributed by atoms with E-state index in [1.165, 1.54) is 18.4 Å². The van der Waals surface area contributed by atoms with Crippen molar-refractivity contribution in [1.82, 2.24) is 0 Å². The number of aliphatic hydroxyl groups is 2. The molecule has 6 atom stereocenters. The molecule has 26 heavy (non-hydrogen) atoms. The number of hydrogen-bond donors (Lipinski definition) is 2. The Hall–Kier alpha value is -0.930. The molecule has 0 amide bonds. The van der Waals surface area contributed by atoms with Crippen LogP contribution in [0.15, 0.2) is 23.8 Å². The molecule has 1 spiro atoms. The molecule has 5 aliphatic carbocycles. The highest BCUT2D eigenvalue weighted by atomic mass is 16.3. The van der Waals surface area contributed by atoms with Gasteiger partial charge in [-0.1, -0.05) is 24.6 Å². The fraction of sp³-hybridized carbons (Fsp3) is 0.783. The Kier molecular flexibility index (Phi) is 3.66. The van der Waals surface area contributed by atoms with Crippen molar-refractivity contribution in [1.29, 1.82) is 0 Å². The third kappa shape index (κ3) is 2.05. The van der Waals surface area contributed by atoms with Crippen LogP contribution in [0.2, 0.25) is 0 Å². The molecule has 0 saturated heterocycles. The quantitative estimate of drug-likeness (QED) is 0.740. The molecule has 142 valence electrons. The van der Waals surface area contributed by atoms with E-state index in [0.29, 0.717) is 29.5 Å². The van der Waals surface area contributed by atoms with Crippen LogP contribution in [0.4, 0.5) is 0 Å². The van der Waals surface area contributed by atoms with E-state index in [0.717, 1.165) is 44.9 Å². The minimum atomic E-state index is -0.753. The van der Waals surface area contributed by atoms with Crippen LogP contribution in [-0.4, -0.2) is 28.2 Å². The van der Waals surface area contributed by atoms with Gasteiger partial charge in [-0.25, -0.2) is 0 Å². The van der Waals surface area contributed by atoms with E-state index in [1.807, 2.05) is 12.2 Å². The summed E-state index contributed by atoms with van der Waals surface area (Å²) in [5, 5.41) is 21.2. The molecule has 0 aromatic carbocycles. The topological polar surface area (TPSA) is 57.5 Å². The largest absolute Gasteiger partial charge is 0.392 e. The first kappa shape index (κ1) is 17.2. The van der Waals surface area contributed by atoms with Gasteiger partial charge in [0.15, 0.2) is 5.78 Å². The summed E-state index contributed by atoms with van der Waals surface area (Å²) in [6, 6.07) is 0. The van der Waals surface area contributed by atoms with Gasteiger partial charge in [0.25, 0.3) is 0 Å². The second-order valence-electron chi connectivity index (χ2n) is 10.1. The highest BCUT2D eigenvalue weighted by Gasteiger charge is 2.74. The molecule has 0 aliphatic heterocycles. The zero-order valence-electron chi connectivity index (χ0n) is 15.9. The number of hydrogen-bond acceptors (Lipinski definition) is 3. The van der Waals surface area contributed by atoms with Crippen LogP contribution in [0.25, 0.3) is 0 Å². The summed E-state index contributed by atoms with van der Waals surface area (Å²) in [5.41, 5.74) is 0.672. The lowest BCUT2D eigenvalue weighted by Crippen LogP contribution is -2.53. The van der Waals surface area contributed by atoms with Gasteiger partial charge in [0.05, 0.1) is 12.2 Å². The van der Waals surface area contributed by atoms with E-state index >= 15 is 0 Å². The summed E-state index contributed by atoms with van der Waals surface area (Å²) in [7, 11) is 0. The molecule has 3 nitrogen and oxygen atoms in total. The normalized spacial score (nSPS) is 48.9. The van der Waals surface area contributed by atoms with Gasteiger partial charge in [0, 0.05) is 17.3 Å². The van der Waals surface area contributed by atoms with Crippen molar-refractivity contribution in [3.8, 4) is 0 Å². The van der Waals surface area contributed by atoms with E-state index < -0.39 is 5.60 Å². The number of rotatable bonds is 2. The first-order chi connectivity index (χ1) is 12.4. The molecular weight excluding hydrogens is 324 g/mol. The summed E-state index contributed by atoms with van der Waals surface area (Å²) < 4.78 is 0. The number of allylic oxidation sites excluding steroid dienone is 1. The molecule has 0 heterocycles. The Morgan fingerprint density at radius 2 is 1.96 bits per heavy atom. The fourth-order valence-electron chi connectivity index (χ4n) is 7.86. The Morgan fingerprint density at radius 3 is 2.69 bits per heavy atom. The molecule has 2 N–H and O–H groups in total. The second kappa shape index (κ2) is 5.54. The summed E-state index contributed by atoms with van der Waals surface area (Å²) in [6.45, 7) is 2.34. The van der Waals surface area contributed by atoms with Crippen LogP contribution >= 0.6 is 0 Å². The standard InChI is InChI=1S/C23H32O3/c1-21-9-7-18-17-6-4-16(25)13-15(17)3-5-19(18)20(21)14-22(10-11-22)23(21,26)8-2-12-24/h2,8,13,17-20,24,26H,3-7,9-12,14H2,1H3/t17?,18?,19?,20?,21-,23+/m0/s1. The number of fused-ring (bicyclic) bond motifs is 5. The molecule has 5 aliphatic rings. The highest BCUT2D eigenvalue weighted by molar-refractivity contribution is 5.91. The molecule has 0 radical (unpaired) electrons. The smallest absolute Gasteiger partial charge is 0.155 e. The molecule has 5 rings (SSSR count). The first-order valence-electron chi connectivity index (χ1n) is 10.7. The monoisotopic (exact) mass is 356 g/mol. The lowest BCUT2D eigenvalue weighted by molar-refractivity contribution is -0.117. The van der Waals surface area contributed by atoms with Crippen LogP contribution in [0.5, 0.6) is 0 Å². The van der Waals surface area contributed by atoms with Gasteiger partial charge in [-0.15, -0.1) is 0 Å². The summed E-state index contributed by atoms with van der Waals surface area (Å²) in [6.07, 6.45) is 15.4. The van der Waals surface area contributed by atoms with Crippen molar-refractivity contribution in [2.45, 2.75) is 70.3 Å². The first-order valence-corrected chi connectivity index (χ1v) is 10.7. The zero-order valence-corrected chi connectivity index (χ0v) is 15.9. The van der Waals surface area contributed by atoms with E-state index in [2.05, 4.69) is 6.92 Å². The Bertz CT molecular complexity index is 688. The van der Waals surface area contributed by atoms with Gasteiger partial charge in [-0.2, -0.15) is 0 Å². The third-order valence-corrected chi connectivity index (χ3v) is 9.30. The van der Waals surface area contributed by atoms with Gasteiger partial charge in [-0.05, 0) is 81.1 Å². The maximum Gasteiger partial charge on any atom is 0.155 e. The van der Waals surface area contributed by atoms with Crippen LogP contribution in [0.1, 0.15) is 64.7 Å². The van der Waals surface area contributed by atoms with Crippen molar-refractivity contribution < 1.29 is 15.0 Å². The van der Waals surface area contributed by atoms with Gasteiger partial charge in [0.2, 0.25) is 0 Å². The van der Waals surface area contributed by atoms with Crippen LogP contribution in [-0.2, 0) is 4.79 Å². The molecule has 4 fully saturated rings. The molecule has 0 aromatic rings. The Morgan fingerprint density at radius 1 is 1.15 bits per heavy atom. The van der Waals surface area contributed by atoms with Crippen LogP contribution < -0.4 is 0 Å².